The molecule has 1 heterocycles. The molecule has 1 atom stereocenters. The average molecular weight is 324 g/mol. The predicted molar refractivity (Wildman–Crippen MR) is 90.7 cm³/mol. The molecule has 0 unspecified atom stereocenters. The minimum atomic E-state index is -0.580. The van der Waals surface area contributed by atoms with E-state index in [1.807, 2.05) is 25.1 Å². The van der Waals surface area contributed by atoms with E-state index in [1.165, 1.54) is 0 Å². The first kappa shape index (κ1) is 18.3. The summed E-state index contributed by atoms with van der Waals surface area (Å²) >= 11 is 1.58. The minimum absolute atomic E-state index is 0.127. The van der Waals surface area contributed by atoms with E-state index < -0.39 is 11.9 Å². The second-order valence-electron chi connectivity index (χ2n) is 4.78. The maximum atomic E-state index is 11.8. The molecule has 0 radical (unpaired) electrons. The number of carbonyl (C=O) groups is 2. The smallest absolute Gasteiger partial charge is 0.240 e. The van der Waals surface area contributed by atoms with E-state index in [9.17, 15) is 9.59 Å². The summed E-state index contributed by atoms with van der Waals surface area (Å²) in [6.07, 6.45) is 3.73. The van der Waals surface area contributed by atoms with Crippen LogP contribution in [0.2, 0.25) is 0 Å². The van der Waals surface area contributed by atoms with Gasteiger partial charge in [0.05, 0.1) is 0 Å². The number of unbranched alkanes of at least 4 members (excludes halogenated alkanes) is 1. The quantitative estimate of drug-likeness (QED) is 0.534. The SMILES string of the molecule is CCSC[C@@H](NC(=O)CCCCNc1ccccn1)C(N)=O. The molecule has 122 valence electrons. The van der Waals surface area contributed by atoms with Gasteiger partial charge in [0.25, 0.3) is 0 Å². The van der Waals surface area contributed by atoms with Crippen molar-refractivity contribution in [3.63, 3.8) is 0 Å². The zero-order chi connectivity index (χ0) is 16.2. The number of pyridine rings is 1. The molecule has 1 rings (SSSR count). The maximum Gasteiger partial charge on any atom is 0.240 e. The Kier molecular flexibility index (Phi) is 9.06. The number of anilines is 1. The van der Waals surface area contributed by atoms with Crippen molar-refractivity contribution in [3.8, 4) is 0 Å². The number of thioether (sulfide) groups is 1. The Morgan fingerprint density at radius 3 is 2.82 bits per heavy atom. The number of carbonyl (C=O) groups excluding carboxylic acids is 2. The van der Waals surface area contributed by atoms with Crippen LogP contribution in [-0.2, 0) is 9.59 Å². The van der Waals surface area contributed by atoms with E-state index in [1.54, 1.807) is 18.0 Å². The molecule has 0 aliphatic heterocycles. The predicted octanol–water partition coefficient (Wildman–Crippen LogP) is 1.39. The molecule has 0 aliphatic rings. The molecule has 0 saturated heterocycles. The van der Waals surface area contributed by atoms with Crippen LogP contribution in [0.3, 0.4) is 0 Å². The number of nitrogens with two attached hydrogens (primary N) is 1. The first-order chi connectivity index (χ1) is 10.6. The van der Waals surface area contributed by atoms with Gasteiger partial charge in [-0.15, -0.1) is 0 Å². The molecule has 0 aliphatic carbocycles. The van der Waals surface area contributed by atoms with Gasteiger partial charge < -0.3 is 16.4 Å². The molecule has 0 aromatic carbocycles. The maximum absolute atomic E-state index is 11.8. The summed E-state index contributed by atoms with van der Waals surface area (Å²) < 4.78 is 0. The largest absolute Gasteiger partial charge is 0.370 e. The number of nitrogens with one attached hydrogen (secondary N) is 2. The Morgan fingerprint density at radius 1 is 1.36 bits per heavy atom. The lowest BCUT2D eigenvalue weighted by atomic mass is 10.2. The fraction of sp³-hybridized carbons (Fsp3) is 0.533. The van der Waals surface area contributed by atoms with Gasteiger partial charge in [-0.25, -0.2) is 4.98 Å². The molecule has 0 bridgehead atoms. The molecule has 1 aromatic rings. The highest BCUT2D eigenvalue weighted by atomic mass is 32.2. The standard InChI is InChI=1S/C15H24N4O2S/c1-2-22-11-12(15(16)21)19-14(20)8-4-6-10-18-13-7-3-5-9-17-13/h3,5,7,9,12H,2,4,6,8,10-11H2,1H3,(H2,16,21)(H,17,18)(H,19,20)/t12-/m1/s1. The van der Waals surface area contributed by atoms with Gasteiger partial charge in [0.2, 0.25) is 11.8 Å². The van der Waals surface area contributed by atoms with E-state index >= 15 is 0 Å². The first-order valence-corrected chi connectivity index (χ1v) is 8.60. The van der Waals surface area contributed by atoms with Crippen molar-refractivity contribution in [1.82, 2.24) is 10.3 Å². The number of primary amides is 1. The van der Waals surface area contributed by atoms with Crippen molar-refractivity contribution in [2.45, 2.75) is 32.2 Å². The zero-order valence-electron chi connectivity index (χ0n) is 12.9. The highest BCUT2D eigenvalue weighted by Crippen LogP contribution is 2.04. The average Bonchev–Trinajstić information content (AvgIpc) is 2.51. The fourth-order valence-electron chi connectivity index (χ4n) is 1.79. The van der Waals surface area contributed by atoms with Crippen molar-refractivity contribution in [2.75, 3.05) is 23.4 Å². The van der Waals surface area contributed by atoms with Crippen LogP contribution in [0, 0.1) is 0 Å². The number of amides is 2. The summed E-state index contributed by atoms with van der Waals surface area (Å²) in [7, 11) is 0. The molecule has 2 amide bonds. The van der Waals surface area contributed by atoms with Crippen molar-refractivity contribution >= 4 is 29.4 Å². The highest BCUT2D eigenvalue weighted by molar-refractivity contribution is 7.99. The first-order valence-electron chi connectivity index (χ1n) is 7.44. The van der Waals surface area contributed by atoms with Crippen molar-refractivity contribution in [2.24, 2.45) is 5.73 Å². The van der Waals surface area contributed by atoms with Crippen molar-refractivity contribution in [3.05, 3.63) is 24.4 Å². The van der Waals surface area contributed by atoms with Crippen LogP contribution in [0.4, 0.5) is 5.82 Å². The molecular formula is C15H24N4O2S. The Hall–Kier alpha value is -1.76. The Balaban J connectivity index is 2.15. The number of aromatic nitrogens is 1. The number of hydrogen-bond acceptors (Lipinski definition) is 5. The molecule has 0 fully saturated rings. The molecule has 7 heteroatoms. The molecule has 4 N–H and O–H groups in total. The highest BCUT2D eigenvalue weighted by Gasteiger charge is 2.17. The van der Waals surface area contributed by atoms with Gasteiger partial charge >= 0.3 is 0 Å². The zero-order valence-corrected chi connectivity index (χ0v) is 13.7. The summed E-state index contributed by atoms with van der Waals surface area (Å²) in [6.45, 7) is 2.76. The van der Waals surface area contributed by atoms with E-state index in [0.717, 1.165) is 31.0 Å². The van der Waals surface area contributed by atoms with Gasteiger partial charge in [-0.05, 0) is 30.7 Å². The van der Waals surface area contributed by atoms with Crippen LogP contribution in [-0.4, -0.2) is 40.9 Å². The summed E-state index contributed by atoms with van der Waals surface area (Å²) in [6, 6.07) is 5.10. The van der Waals surface area contributed by atoms with Crippen molar-refractivity contribution < 1.29 is 9.59 Å². The lowest BCUT2D eigenvalue weighted by Gasteiger charge is -2.14. The third kappa shape index (κ3) is 7.87. The number of hydrogen-bond donors (Lipinski definition) is 3. The van der Waals surface area contributed by atoms with Crippen LogP contribution < -0.4 is 16.4 Å². The number of rotatable bonds is 11. The third-order valence-electron chi connectivity index (χ3n) is 2.97. The van der Waals surface area contributed by atoms with E-state index in [0.29, 0.717) is 12.2 Å². The lowest BCUT2D eigenvalue weighted by molar-refractivity contribution is -0.126. The van der Waals surface area contributed by atoms with Gasteiger partial charge in [-0.1, -0.05) is 13.0 Å². The summed E-state index contributed by atoms with van der Waals surface area (Å²) in [5.41, 5.74) is 5.28. The van der Waals surface area contributed by atoms with Crippen LogP contribution in [0.15, 0.2) is 24.4 Å². The molecule has 22 heavy (non-hydrogen) atoms. The van der Waals surface area contributed by atoms with Crippen LogP contribution in [0.5, 0.6) is 0 Å². The molecular weight excluding hydrogens is 300 g/mol. The second kappa shape index (κ2) is 10.9. The van der Waals surface area contributed by atoms with Gasteiger partial charge in [0, 0.05) is 24.9 Å². The lowest BCUT2D eigenvalue weighted by Crippen LogP contribution is -2.46. The fourth-order valence-corrected chi connectivity index (χ4v) is 2.51. The normalized spacial score (nSPS) is 11.7. The molecule has 1 aromatic heterocycles. The van der Waals surface area contributed by atoms with Gasteiger partial charge in [-0.2, -0.15) is 11.8 Å². The second-order valence-corrected chi connectivity index (χ2v) is 6.10. The Bertz CT molecular complexity index is 456. The van der Waals surface area contributed by atoms with Gasteiger partial charge in [-0.3, -0.25) is 9.59 Å². The van der Waals surface area contributed by atoms with Crippen molar-refractivity contribution in [1.29, 1.82) is 0 Å². The van der Waals surface area contributed by atoms with E-state index in [-0.39, 0.29) is 5.91 Å². The Morgan fingerprint density at radius 2 is 2.18 bits per heavy atom. The monoisotopic (exact) mass is 324 g/mol. The van der Waals surface area contributed by atoms with Crippen LogP contribution >= 0.6 is 11.8 Å². The number of nitrogens with zero attached hydrogens (tertiary/aromatic N) is 1. The molecule has 0 spiro atoms. The summed E-state index contributed by atoms with van der Waals surface area (Å²) in [5, 5.41) is 5.88. The minimum Gasteiger partial charge on any atom is -0.370 e. The summed E-state index contributed by atoms with van der Waals surface area (Å²) in [5.74, 6) is 1.64. The van der Waals surface area contributed by atoms with Crippen LogP contribution in [0.1, 0.15) is 26.2 Å². The molecule has 6 nitrogen and oxygen atoms in total. The topological polar surface area (TPSA) is 97.1 Å². The summed E-state index contributed by atoms with van der Waals surface area (Å²) in [4.78, 5) is 27.2. The van der Waals surface area contributed by atoms with Crippen LogP contribution in [0.25, 0.3) is 0 Å². The Labute approximate surface area is 135 Å². The van der Waals surface area contributed by atoms with E-state index in [2.05, 4.69) is 15.6 Å². The van der Waals surface area contributed by atoms with Gasteiger partial charge in [0.15, 0.2) is 0 Å². The molecule has 0 saturated carbocycles. The van der Waals surface area contributed by atoms with Gasteiger partial charge in [0.1, 0.15) is 11.9 Å². The van der Waals surface area contributed by atoms with E-state index in [4.69, 9.17) is 5.73 Å². The third-order valence-corrected chi connectivity index (χ3v) is 3.95.